The zero-order valence-electron chi connectivity index (χ0n) is 12.9. The first-order chi connectivity index (χ1) is 11.4. The van der Waals surface area contributed by atoms with Crippen molar-refractivity contribution in [1.29, 1.82) is 5.26 Å². The molecule has 0 aliphatic carbocycles. The van der Waals surface area contributed by atoms with Gasteiger partial charge in [-0.2, -0.15) is 18.4 Å². The number of methoxy groups -OCH3 is 2. The molecular weight excluding hydrogens is 321 g/mol. The summed E-state index contributed by atoms with van der Waals surface area (Å²) < 4.78 is 48.0. The molecular formula is C17H13F3N2O2. The number of hydrogen-bond donors (Lipinski definition) is 0. The van der Waals surface area contributed by atoms with E-state index >= 15 is 0 Å². The Hall–Kier alpha value is -3.01. The van der Waals surface area contributed by atoms with E-state index < -0.39 is 11.7 Å². The number of ether oxygens (including phenoxy) is 2. The largest absolute Gasteiger partial charge is 0.493 e. The van der Waals surface area contributed by atoms with Gasteiger partial charge >= 0.3 is 6.18 Å². The van der Waals surface area contributed by atoms with Crippen molar-refractivity contribution in [3.8, 4) is 17.6 Å². The predicted molar refractivity (Wildman–Crippen MR) is 82.3 cm³/mol. The molecule has 0 radical (unpaired) electrons. The first kappa shape index (κ1) is 17.3. The van der Waals surface area contributed by atoms with Crippen molar-refractivity contribution in [2.45, 2.75) is 6.18 Å². The molecule has 0 amide bonds. The lowest BCUT2D eigenvalue weighted by Crippen LogP contribution is -2.05. The van der Waals surface area contributed by atoms with Crippen molar-refractivity contribution >= 4 is 11.6 Å². The van der Waals surface area contributed by atoms with Crippen molar-refractivity contribution in [2.75, 3.05) is 14.2 Å². The van der Waals surface area contributed by atoms with E-state index in [0.717, 1.165) is 6.07 Å². The van der Waals surface area contributed by atoms with Gasteiger partial charge in [0.2, 0.25) is 0 Å². The number of nitrogens with zero attached hydrogens (tertiary/aromatic N) is 2. The van der Waals surface area contributed by atoms with Crippen molar-refractivity contribution in [3.63, 3.8) is 0 Å². The molecule has 1 heterocycles. The van der Waals surface area contributed by atoms with Gasteiger partial charge in [-0.15, -0.1) is 0 Å². The highest BCUT2D eigenvalue weighted by Gasteiger charge is 2.30. The maximum Gasteiger partial charge on any atom is 0.417 e. The molecule has 7 heteroatoms. The molecule has 0 aliphatic heterocycles. The van der Waals surface area contributed by atoms with E-state index in [9.17, 15) is 18.4 Å². The van der Waals surface area contributed by atoms with Crippen LogP contribution in [0.3, 0.4) is 0 Å². The Labute approximate surface area is 136 Å². The minimum absolute atomic E-state index is 0.135. The maximum absolute atomic E-state index is 12.6. The molecule has 1 aromatic heterocycles. The molecule has 2 aromatic rings. The second kappa shape index (κ2) is 7.04. The number of halogens is 3. The minimum Gasteiger partial charge on any atom is -0.493 e. The van der Waals surface area contributed by atoms with E-state index in [-0.39, 0.29) is 11.3 Å². The van der Waals surface area contributed by atoms with Gasteiger partial charge in [-0.1, -0.05) is 6.07 Å². The highest BCUT2D eigenvalue weighted by Crippen LogP contribution is 2.31. The van der Waals surface area contributed by atoms with E-state index in [1.54, 1.807) is 18.2 Å². The molecule has 0 atom stereocenters. The van der Waals surface area contributed by atoms with E-state index in [0.29, 0.717) is 23.3 Å². The second-order valence-electron chi connectivity index (χ2n) is 4.71. The van der Waals surface area contributed by atoms with Crippen molar-refractivity contribution in [3.05, 3.63) is 53.3 Å². The molecule has 0 unspecified atom stereocenters. The molecule has 0 fully saturated rings. The van der Waals surface area contributed by atoms with E-state index in [1.165, 1.54) is 26.4 Å². The van der Waals surface area contributed by atoms with Crippen molar-refractivity contribution in [2.24, 2.45) is 0 Å². The van der Waals surface area contributed by atoms with Gasteiger partial charge in [0, 0.05) is 6.20 Å². The van der Waals surface area contributed by atoms with Gasteiger partial charge in [0.15, 0.2) is 11.5 Å². The zero-order valence-corrected chi connectivity index (χ0v) is 12.9. The smallest absolute Gasteiger partial charge is 0.417 e. The average molecular weight is 334 g/mol. The normalized spacial score (nSPS) is 11.8. The monoisotopic (exact) mass is 334 g/mol. The van der Waals surface area contributed by atoms with E-state index in [1.807, 2.05) is 6.07 Å². The van der Waals surface area contributed by atoms with Crippen LogP contribution in [0.15, 0.2) is 36.5 Å². The Balaban J connectivity index is 2.38. The Kier molecular flexibility index (Phi) is 5.09. The van der Waals surface area contributed by atoms with Crippen LogP contribution in [0.4, 0.5) is 13.2 Å². The summed E-state index contributed by atoms with van der Waals surface area (Å²) in [5.74, 6) is 1.00. The number of pyridine rings is 1. The fraction of sp³-hybridized carbons (Fsp3) is 0.176. The van der Waals surface area contributed by atoms with Gasteiger partial charge in [0.25, 0.3) is 0 Å². The van der Waals surface area contributed by atoms with Crippen molar-refractivity contribution < 1.29 is 22.6 Å². The standard InChI is InChI=1S/C17H13F3N2O2/c1-23-15-6-3-11(8-16(15)24-2)7-12(9-21)14-5-4-13(10-22-14)17(18,19)20/h3-8,10H,1-2H3. The third-order valence-electron chi connectivity index (χ3n) is 3.21. The molecule has 2 rings (SSSR count). The van der Waals surface area contributed by atoms with Crippen LogP contribution >= 0.6 is 0 Å². The predicted octanol–water partition coefficient (Wildman–Crippen LogP) is 4.18. The van der Waals surface area contributed by atoms with Crippen LogP contribution in [0, 0.1) is 11.3 Å². The molecule has 24 heavy (non-hydrogen) atoms. The van der Waals surface area contributed by atoms with Gasteiger partial charge in [-0.05, 0) is 35.9 Å². The Bertz CT molecular complexity index is 791. The second-order valence-corrected chi connectivity index (χ2v) is 4.71. The lowest BCUT2D eigenvalue weighted by atomic mass is 10.1. The highest BCUT2D eigenvalue weighted by atomic mass is 19.4. The summed E-state index contributed by atoms with van der Waals surface area (Å²) in [5.41, 5.74) is 0.0526. The Morgan fingerprint density at radius 2 is 1.83 bits per heavy atom. The van der Waals surface area contributed by atoms with Gasteiger partial charge in [0.05, 0.1) is 31.1 Å². The number of aromatic nitrogens is 1. The third-order valence-corrected chi connectivity index (χ3v) is 3.21. The fourth-order valence-electron chi connectivity index (χ4n) is 1.99. The van der Waals surface area contributed by atoms with Crippen LogP contribution in [-0.4, -0.2) is 19.2 Å². The molecule has 0 bridgehead atoms. The molecule has 0 saturated carbocycles. The summed E-state index contributed by atoms with van der Waals surface area (Å²) >= 11 is 0. The van der Waals surface area contributed by atoms with Gasteiger partial charge in [0.1, 0.15) is 6.07 Å². The molecule has 124 valence electrons. The molecule has 0 N–H and O–H groups in total. The van der Waals surface area contributed by atoms with Crippen LogP contribution < -0.4 is 9.47 Å². The van der Waals surface area contributed by atoms with Crippen LogP contribution in [0.2, 0.25) is 0 Å². The number of allylic oxidation sites excluding steroid dienone is 1. The average Bonchev–Trinajstić information content (AvgIpc) is 2.58. The van der Waals surface area contributed by atoms with E-state index in [4.69, 9.17) is 9.47 Å². The molecule has 1 aromatic carbocycles. The summed E-state index contributed by atoms with van der Waals surface area (Å²) in [5, 5.41) is 9.26. The number of nitriles is 1. The quantitative estimate of drug-likeness (QED) is 0.787. The zero-order chi connectivity index (χ0) is 17.7. The van der Waals surface area contributed by atoms with E-state index in [2.05, 4.69) is 4.98 Å². The first-order valence-electron chi connectivity index (χ1n) is 6.76. The van der Waals surface area contributed by atoms with Crippen LogP contribution in [-0.2, 0) is 6.18 Å². The third kappa shape index (κ3) is 3.84. The van der Waals surface area contributed by atoms with Crippen LogP contribution in [0.25, 0.3) is 11.6 Å². The molecule has 0 spiro atoms. The van der Waals surface area contributed by atoms with Crippen LogP contribution in [0.1, 0.15) is 16.8 Å². The summed E-state index contributed by atoms with van der Waals surface area (Å²) in [4.78, 5) is 3.72. The number of rotatable bonds is 4. The fourth-order valence-corrected chi connectivity index (χ4v) is 1.99. The summed E-state index contributed by atoms with van der Waals surface area (Å²) in [6.07, 6.45) is -2.25. The summed E-state index contributed by atoms with van der Waals surface area (Å²) in [6.45, 7) is 0. The van der Waals surface area contributed by atoms with Crippen LogP contribution in [0.5, 0.6) is 11.5 Å². The summed E-state index contributed by atoms with van der Waals surface area (Å²) in [6, 6.07) is 9.01. The molecule has 0 saturated heterocycles. The van der Waals surface area contributed by atoms with Gasteiger partial charge in [-0.3, -0.25) is 4.98 Å². The lowest BCUT2D eigenvalue weighted by molar-refractivity contribution is -0.137. The first-order valence-corrected chi connectivity index (χ1v) is 6.76. The van der Waals surface area contributed by atoms with Gasteiger partial charge in [-0.25, -0.2) is 0 Å². The molecule has 4 nitrogen and oxygen atoms in total. The van der Waals surface area contributed by atoms with Crippen molar-refractivity contribution in [1.82, 2.24) is 4.98 Å². The maximum atomic E-state index is 12.6. The topological polar surface area (TPSA) is 55.1 Å². The molecule has 0 aliphatic rings. The van der Waals surface area contributed by atoms with Gasteiger partial charge < -0.3 is 9.47 Å². The lowest BCUT2D eigenvalue weighted by Gasteiger charge is -2.08. The Morgan fingerprint density at radius 1 is 1.12 bits per heavy atom. The minimum atomic E-state index is -4.47. The summed E-state index contributed by atoms with van der Waals surface area (Å²) in [7, 11) is 2.98. The Morgan fingerprint density at radius 3 is 2.33 bits per heavy atom. The SMILES string of the molecule is COc1ccc(C=C(C#N)c2ccc(C(F)(F)F)cn2)cc1OC. The number of benzene rings is 1. The number of hydrogen-bond acceptors (Lipinski definition) is 4. The highest BCUT2D eigenvalue weighted by molar-refractivity contribution is 5.88. The number of alkyl halides is 3.